The van der Waals surface area contributed by atoms with Gasteiger partial charge in [0, 0.05) is 18.8 Å². The highest BCUT2D eigenvalue weighted by molar-refractivity contribution is 7.90. The van der Waals surface area contributed by atoms with Gasteiger partial charge in [-0.15, -0.1) is 0 Å². The summed E-state index contributed by atoms with van der Waals surface area (Å²) in [4.78, 5) is 13.3. The summed E-state index contributed by atoms with van der Waals surface area (Å²) in [5, 5.41) is 9.13. The fraction of sp³-hybridized carbons (Fsp3) is 0.462. The average Bonchev–Trinajstić information content (AvgIpc) is 2.70. The van der Waals surface area contributed by atoms with Gasteiger partial charge in [0.2, 0.25) is 0 Å². The highest BCUT2D eigenvalue weighted by Gasteiger charge is 2.37. The molecule has 5 nitrogen and oxygen atoms in total. The molecular weight excluding hydrogens is 266 g/mol. The largest absolute Gasteiger partial charge is 0.481 e. The molecule has 1 saturated heterocycles. The van der Waals surface area contributed by atoms with Gasteiger partial charge in [-0.2, -0.15) is 0 Å². The zero-order chi connectivity index (χ0) is 14.2. The van der Waals surface area contributed by atoms with E-state index in [9.17, 15) is 13.2 Å². The highest BCUT2D eigenvalue weighted by atomic mass is 32.2. The van der Waals surface area contributed by atoms with Gasteiger partial charge in [0.15, 0.2) is 9.84 Å². The number of hydrogen-bond acceptors (Lipinski definition) is 4. The molecule has 0 bridgehead atoms. The number of anilines is 1. The summed E-state index contributed by atoms with van der Waals surface area (Å²) in [6, 6.07) is 6.53. The van der Waals surface area contributed by atoms with Gasteiger partial charge in [0.1, 0.15) is 0 Å². The summed E-state index contributed by atoms with van der Waals surface area (Å²) >= 11 is 0. The predicted molar refractivity (Wildman–Crippen MR) is 72.1 cm³/mol. The van der Waals surface area contributed by atoms with Crippen molar-refractivity contribution in [1.29, 1.82) is 0 Å². The van der Waals surface area contributed by atoms with Crippen LogP contribution in [0.5, 0.6) is 0 Å². The molecule has 2 rings (SSSR count). The van der Waals surface area contributed by atoms with E-state index in [0.29, 0.717) is 18.7 Å². The second kappa shape index (κ2) is 4.85. The summed E-state index contributed by atoms with van der Waals surface area (Å²) in [5.74, 6) is -1.28. The van der Waals surface area contributed by atoms with Gasteiger partial charge in [-0.3, -0.25) is 4.79 Å². The van der Waals surface area contributed by atoms with E-state index in [1.807, 2.05) is 11.8 Å². The van der Waals surface area contributed by atoms with Gasteiger partial charge >= 0.3 is 5.97 Å². The molecule has 2 atom stereocenters. The molecular formula is C13H17NO4S. The Balaban J connectivity index is 2.42. The zero-order valence-electron chi connectivity index (χ0n) is 10.9. The average molecular weight is 283 g/mol. The lowest BCUT2D eigenvalue weighted by Crippen LogP contribution is -2.33. The Morgan fingerprint density at radius 2 is 2.00 bits per heavy atom. The molecule has 1 aliphatic rings. The van der Waals surface area contributed by atoms with E-state index in [0.717, 1.165) is 0 Å². The van der Waals surface area contributed by atoms with Crippen LogP contribution < -0.4 is 4.90 Å². The van der Waals surface area contributed by atoms with Crippen molar-refractivity contribution in [3.05, 3.63) is 24.3 Å². The third-order valence-corrected chi connectivity index (χ3v) is 4.79. The molecule has 1 aliphatic heterocycles. The summed E-state index contributed by atoms with van der Waals surface area (Å²) in [7, 11) is -3.32. The van der Waals surface area contributed by atoms with Gasteiger partial charge in [0.05, 0.1) is 16.5 Å². The Morgan fingerprint density at radius 3 is 2.53 bits per heavy atom. The van der Waals surface area contributed by atoms with Crippen LogP contribution in [0.3, 0.4) is 0 Å². The molecule has 0 spiro atoms. The van der Waals surface area contributed by atoms with Crippen molar-refractivity contribution in [3.8, 4) is 0 Å². The third kappa shape index (κ3) is 2.58. The molecule has 1 fully saturated rings. The van der Waals surface area contributed by atoms with Crippen molar-refractivity contribution in [1.82, 2.24) is 0 Å². The number of para-hydroxylation sites is 1. The number of hydrogen-bond donors (Lipinski definition) is 1. The molecule has 0 radical (unpaired) electrons. The molecule has 0 aliphatic carbocycles. The van der Waals surface area contributed by atoms with E-state index in [1.54, 1.807) is 24.3 Å². The molecule has 0 aromatic heterocycles. The minimum atomic E-state index is -3.32. The Hall–Kier alpha value is -1.56. The van der Waals surface area contributed by atoms with Crippen LogP contribution in [0.1, 0.15) is 13.3 Å². The maximum absolute atomic E-state index is 11.8. The molecule has 104 valence electrons. The van der Waals surface area contributed by atoms with Crippen LogP contribution in [-0.4, -0.2) is 38.3 Å². The standard InChI is InChI=1S/C13H17NO4S/c1-9-10(13(15)16)7-8-14(9)11-5-3-4-6-12(11)19(2,17)18/h3-6,9-10H,7-8H2,1-2H3,(H,15,16). The highest BCUT2D eigenvalue weighted by Crippen LogP contribution is 2.33. The monoisotopic (exact) mass is 283 g/mol. The number of aliphatic carboxylic acids is 1. The summed E-state index contributed by atoms with van der Waals surface area (Å²) < 4.78 is 23.6. The molecule has 1 heterocycles. The first kappa shape index (κ1) is 13.9. The molecule has 0 saturated carbocycles. The quantitative estimate of drug-likeness (QED) is 0.907. The Bertz CT molecular complexity index is 596. The fourth-order valence-corrected chi connectivity index (χ4v) is 3.51. The van der Waals surface area contributed by atoms with Gasteiger partial charge in [0.25, 0.3) is 0 Å². The number of sulfone groups is 1. The van der Waals surface area contributed by atoms with Crippen LogP contribution in [0.4, 0.5) is 5.69 Å². The number of rotatable bonds is 3. The van der Waals surface area contributed by atoms with E-state index in [1.165, 1.54) is 6.26 Å². The van der Waals surface area contributed by atoms with Gasteiger partial charge in [-0.25, -0.2) is 8.42 Å². The topological polar surface area (TPSA) is 74.7 Å². The number of nitrogens with zero attached hydrogens (tertiary/aromatic N) is 1. The lowest BCUT2D eigenvalue weighted by molar-refractivity contribution is -0.141. The third-order valence-electron chi connectivity index (χ3n) is 3.65. The van der Waals surface area contributed by atoms with E-state index >= 15 is 0 Å². The van der Waals surface area contributed by atoms with Crippen molar-refractivity contribution in [3.63, 3.8) is 0 Å². The maximum Gasteiger partial charge on any atom is 0.308 e. The zero-order valence-corrected chi connectivity index (χ0v) is 11.7. The summed E-state index contributed by atoms with van der Waals surface area (Å²) in [6.07, 6.45) is 1.70. The second-order valence-corrected chi connectivity index (χ2v) is 6.89. The van der Waals surface area contributed by atoms with Crippen molar-refractivity contribution in [2.24, 2.45) is 5.92 Å². The lowest BCUT2D eigenvalue weighted by Gasteiger charge is -2.27. The van der Waals surface area contributed by atoms with E-state index in [4.69, 9.17) is 5.11 Å². The van der Waals surface area contributed by atoms with Gasteiger partial charge in [-0.05, 0) is 25.5 Å². The first-order chi connectivity index (χ1) is 8.82. The molecule has 2 unspecified atom stereocenters. The van der Waals surface area contributed by atoms with Crippen LogP contribution in [0, 0.1) is 5.92 Å². The Kier molecular flexibility index (Phi) is 3.54. The van der Waals surface area contributed by atoms with Crippen molar-refractivity contribution in [2.45, 2.75) is 24.3 Å². The minimum absolute atomic E-state index is 0.208. The van der Waals surface area contributed by atoms with E-state index < -0.39 is 21.7 Å². The van der Waals surface area contributed by atoms with E-state index in [2.05, 4.69) is 0 Å². The normalized spacial score (nSPS) is 23.6. The van der Waals surface area contributed by atoms with Gasteiger partial charge in [-0.1, -0.05) is 12.1 Å². The Labute approximate surface area is 112 Å². The number of benzene rings is 1. The molecule has 19 heavy (non-hydrogen) atoms. The SMILES string of the molecule is CC1C(C(=O)O)CCN1c1ccccc1S(C)(=O)=O. The fourth-order valence-electron chi connectivity index (χ4n) is 2.62. The Morgan fingerprint density at radius 1 is 1.37 bits per heavy atom. The predicted octanol–water partition coefficient (Wildman–Crippen LogP) is 1.39. The molecule has 1 aromatic rings. The maximum atomic E-state index is 11.8. The summed E-state index contributed by atoms with van der Waals surface area (Å²) in [6.45, 7) is 2.38. The molecule has 0 amide bonds. The van der Waals surface area contributed by atoms with Crippen LogP contribution in [0.2, 0.25) is 0 Å². The minimum Gasteiger partial charge on any atom is -0.481 e. The second-order valence-electron chi connectivity index (χ2n) is 4.91. The lowest BCUT2D eigenvalue weighted by atomic mass is 10.0. The van der Waals surface area contributed by atoms with Crippen molar-refractivity contribution >= 4 is 21.5 Å². The first-order valence-corrected chi connectivity index (χ1v) is 8.00. The molecule has 6 heteroatoms. The van der Waals surface area contributed by atoms with Crippen molar-refractivity contribution in [2.75, 3.05) is 17.7 Å². The first-order valence-electron chi connectivity index (χ1n) is 6.11. The summed E-state index contributed by atoms with van der Waals surface area (Å²) in [5.41, 5.74) is 0.598. The van der Waals surface area contributed by atoms with E-state index in [-0.39, 0.29) is 10.9 Å². The number of carbonyl (C=O) groups is 1. The number of carboxylic acid groups (broad SMARTS) is 1. The van der Waals surface area contributed by atoms with Crippen LogP contribution in [-0.2, 0) is 14.6 Å². The van der Waals surface area contributed by atoms with Crippen LogP contribution in [0.25, 0.3) is 0 Å². The smallest absolute Gasteiger partial charge is 0.308 e. The van der Waals surface area contributed by atoms with Crippen molar-refractivity contribution < 1.29 is 18.3 Å². The van der Waals surface area contributed by atoms with Crippen LogP contribution in [0.15, 0.2) is 29.2 Å². The van der Waals surface area contributed by atoms with Gasteiger partial charge < -0.3 is 10.0 Å². The number of carboxylic acids is 1. The molecule has 1 aromatic carbocycles. The molecule has 1 N–H and O–H groups in total. The van der Waals surface area contributed by atoms with Crippen LogP contribution >= 0.6 is 0 Å².